The Morgan fingerprint density at radius 2 is 2.00 bits per heavy atom. The van der Waals surface area contributed by atoms with Crippen molar-refractivity contribution in [1.29, 1.82) is 0 Å². The fraction of sp³-hybridized carbons (Fsp3) is 0.0909. The number of benzene rings is 1. The van der Waals surface area contributed by atoms with Crippen molar-refractivity contribution in [3.05, 3.63) is 36.1 Å². The zero-order valence-corrected chi connectivity index (χ0v) is 9.76. The Morgan fingerprint density at radius 3 is 2.67 bits per heavy atom. The van der Waals surface area contributed by atoms with E-state index < -0.39 is 0 Å². The van der Waals surface area contributed by atoms with Gasteiger partial charge in [0.2, 0.25) is 5.95 Å². The van der Waals surface area contributed by atoms with Gasteiger partial charge in [-0.15, -0.1) is 0 Å². The van der Waals surface area contributed by atoms with E-state index in [-0.39, 0.29) is 11.8 Å². The molecule has 0 bridgehead atoms. The Labute approximate surface area is 103 Å². The molecule has 0 spiro atoms. The second-order valence-electron chi connectivity index (χ2n) is 3.62. The highest BCUT2D eigenvalue weighted by molar-refractivity contribution is 5.63. The smallest absolute Gasteiger partial charge is 0.224 e. The highest BCUT2D eigenvalue weighted by atomic mass is 19.1. The molecule has 0 saturated heterocycles. The molecule has 1 aromatic heterocycles. The number of nitrogens with zero attached hydrogens (tertiary/aromatic N) is 3. The Bertz CT molecular complexity index is 559. The maximum Gasteiger partial charge on any atom is 0.224 e. The van der Waals surface area contributed by atoms with Gasteiger partial charge in [0.05, 0.1) is 5.69 Å². The normalized spacial score (nSPS) is 10.2. The van der Waals surface area contributed by atoms with Crippen LogP contribution >= 0.6 is 0 Å². The fourth-order valence-electron chi connectivity index (χ4n) is 1.55. The molecule has 6 nitrogen and oxygen atoms in total. The number of halogens is 1. The van der Waals surface area contributed by atoms with Crippen molar-refractivity contribution < 1.29 is 4.39 Å². The number of hydrazine groups is 1. The van der Waals surface area contributed by atoms with Crippen LogP contribution in [0.25, 0.3) is 0 Å². The molecule has 1 aromatic carbocycles. The zero-order valence-electron chi connectivity index (χ0n) is 9.76. The minimum atomic E-state index is -0.348. The van der Waals surface area contributed by atoms with E-state index in [0.717, 1.165) is 0 Å². The summed E-state index contributed by atoms with van der Waals surface area (Å²) in [5.74, 6) is 5.79. The predicted octanol–water partition coefficient (Wildman–Crippen LogP) is 1.25. The molecule has 0 aliphatic rings. The molecular weight excluding hydrogens is 235 g/mol. The van der Waals surface area contributed by atoms with Crippen molar-refractivity contribution >= 4 is 23.3 Å². The number of nitrogens with one attached hydrogen (secondary N) is 1. The molecule has 1 heterocycles. The van der Waals surface area contributed by atoms with Crippen LogP contribution in [-0.4, -0.2) is 17.0 Å². The van der Waals surface area contributed by atoms with Gasteiger partial charge in [0.15, 0.2) is 0 Å². The molecule has 0 saturated carbocycles. The molecule has 0 aliphatic carbocycles. The lowest BCUT2D eigenvalue weighted by Crippen LogP contribution is -2.16. The van der Waals surface area contributed by atoms with Crippen molar-refractivity contribution in [2.75, 3.05) is 23.1 Å². The predicted molar refractivity (Wildman–Crippen MR) is 68.7 cm³/mol. The number of nitrogens with two attached hydrogens (primary N) is 2. The molecule has 0 aliphatic heterocycles. The molecule has 2 rings (SSSR count). The first kappa shape index (κ1) is 12.1. The second kappa shape index (κ2) is 4.84. The zero-order chi connectivity index (χ0) is 13.1. The van der Waals surface area contributed by atoms with E-state index in [1.807, 2.05) is 0 Å². The largest absolute Gasteiger partial charge is 0.368 e. The van der Waals surface area contributed by atoms with Crippen LogP contribution in [0.1, 0.15) is 0 Å². The molecule has 2 aromatic rings. The summed E-state index contributed by atoms with van der Waals surface area (Å²) in [7, 11) is 1.68. The van der Waals surface area contributed by atoms with Gasteiger partial charge in [0, 0.05) is 13.1 Å². The van der Waals surface area contributed by atoms with Crippen LogP contribution < -0.4 is 21.9 Å². The summed E-state index contributed by atoms with van der Waals surface area (Å²) < 4.78 is 13.7. The number of rotatable bonds is 3. The van der Waals surface area contributed by atoms with Crippen LogP contribution in [0, 0.1) is 5.82 Å². The SMILES string of the molecule is CN(c1cc(NN)nc(N)n1)c1ccccc1F. The fourth-order valence-corrected chi connectivity index (χ4v) is 1.55. The van der Waals surface area contributed by atoms with Crippen molar-refractivity contribution in [3.63, 3.8) is 0 Å². The van der Waals surface area contributed by atoms with E-state index in [2.05, 4.69) is 15.4 Å². The van der Waals surface area contributed by atoms with Gasteiger partial charge in [-0.1, -0.05) is 12.1 Å². The van der Waals surface area contributed by atoms with Gasteiger partial charge in [-0.25, -0.2) is 10.2 Å². The van der Waals surface area contributed by atoms with Crippen LogP contribution in [0.2, 0.25) is 0 Å². The molecule has 0 unspecified atom stereocenters. The van der Waals surface area contributed by atoms with E-state index in [1.54, 1.807) is 36.2 Å². The summed E-state index contributed by atoms with van der Waals surface area (Å²) in [6.45, 7) is 0. The standard InChI is InChI=1S/C11H13FN6/c1-18(8-5-3-2-4-7(8)12)10-6-9(17-14)15-11(13)16-10/h2-6H,14H2,1H3,(H3,13,15,16,17). The molecule has 0 amide bonds. The van der Waals surface area contributed by atoms with E-state index in [1.165, 1.54) is 6.07 Å². The van der Waals surface area contributed by atoms with Gasteiger partial charge in [-0.3, -0.25) is 0 Å². The molecular formula is C11H13FN6. The Hall–Kier alpha value is -2.41. The topological polar surface area (TPSA) is 93.1 Å². The third kappa shape index (κ3) is 2.30. The molecule has 94 valence electrons. The number of aromatic nitrogens is 2. The van der Waals surface area contributed by atoms with Crippen LogP contribution in [0.5, 0.6) is 0 Å². The first-order valence-corrected chi connectivity index (χ1v) is 5.21. The van der Waals surface area contributed by atoms with Gasteiger partial charge in [-0.05, 0) is 12.1 Å². The molecule has 18 heavy (non-hydrogen) atoms. The summed E-state index contributed by atoms with van der Waals surface area (Å²) in [6, 6.07) is 7.94. The lowest BCUT2D eigenvalue weighted by molar-refractivity contribution is 0.627. The Morgan fingerprint density at radius 1 is 1.28 bits per heavy atom. The van der Waals surface area contributed by atoms with E-state index in [9.17, 15) is 4.39 Å². The maximum atomic E-state index is 13.7. The van der Waals surface area contributed by atoms with Crippen molar-refractivity contribution in [1.82, 2.24) is 9.97 Å². The van der Waals surface area contributed by atoms with Gasteiger partial charge < -0.3 is 16.1 Å². The minimum absolute atomic E-state index is 0.0589. The molecule has 7 heteroatoms. The summed E-state index contributed by atoms with van der Waals surface area (Å²) >= 11 is 0. The van der Waals surface area contributed by atoms with Gasteiger partial charge in [-0.2, -0.15) is 9.97 Å². The molecule has 5 N–H and O–H groups in total. The number of anilines is 4. The van der Waals surface area contributed by atoms with Crippen LogP contribution in [0.4, 0.5) is 27.7 Å². The monoisotopic (exact) mass is 248 g/mol. The number of nitrogen functional groups attached to an aromatic ring is 2. The lowest BCUT2D eigenvalue weighted by Gasteiger charge is -2.19. The minimum Gasteiger partial charge on any atom is -0.368 e. The quantitative estimate of drug-likeness (QED) is 0.559. The number of para-hydroxylation sites is 1. The Kier molecular flexibility index (Phi) is 3.24. The molecule has 0 fully saturated rings. The van der Waals surface area contributed by atoms with Crippen molar-refractivity contribution in [3.8, 4) is 0 Å². The second-order valence-corrected chi connectivity index (χ2v) is 3.62. The molecule has 0 atom stereocenters. The van der Waals surface area contributed by atoms with E-state index in [4.69, 9.17) is 11.6 Å². The summed E-state index contributed by atoms with van der Waals surface area (Å²) in [5.41, 5.74) is 8.32. The number of hydrogen-bond donors (Lipinski definition) is 3. The van der Waals surface area contributed by atoms with E-state index >= 15 is 0 Å². The summed E-state index contributed by atoms with van der Waals surface area (Å²) in [4.78, 5) is 9.45. The van der Waals surface area contributed by atoms with Gasteiger partial charge >= 0.3 is 0 Å². The third-order valence-electron chi connectivity index (χ3n) is 2.44. The first-order valence-electron chi connectivity index (χ1n) is 5.21. The van der Waals surface area contributed by atoms with E-state index in [0.29, 0.717) is 17.3 Å². The van der Waals surface area contributed by atoms with Crippen LogP contribution in [0.15, 0.2) is 30.3 Å². The van der Waals surface area contributed by atoms with Crippen molar-refractivity contribution in [2.24, 2.45) is 5.84 Å². The van der Waals surface area contributed by atoms with Crippen molar-refractivity contribution in [2.45, 2.75) is 0 Å². The number of hydrogen-bond acceptors (Lipinski definition) is 6. The van der Waals surface area contributed by atoms with Gasteiger partial charge in [0.1, 0.15) is 17.5 Å². The van der Waals surface area contributed by atoms with Crippen LogP contribution in [-0.2, 0) is 0 Å². The highest BCUT2D eigenvalue weighted by Gasteiger charge is 2.11. The average molecular weight is 248 g/mol. The lowest BCUT2D eigenvalue weighted by atomic mass is 10.3. The highest BCUT2D eigenvalue weighted by Crippen LogP contribution is 2.25. The Balaban J connectivity index is 2.43. The van der Waals surface area contributed by atoms with Crippen LogP contribution in [0.3, 0.4) is 0 Å². The molecule has 0 radical (unpaired) electrons. The third-order valence-corrected chi connectivity index (χ3v) is 2.44. The van der Waals surface area contributed by atoms with Gasteiger partial charge in [0.25, 0.3) is 0 Å². The average Bonchev–Trinajstić information content (AvgIpc) is 2.37. The first-order chi connectivity index (χ1) is 8.61. The maximum absolute atomic E-state index is 13.7. The summed E-state index contributed by atoms with van der Waals surface area (Å²) in [6.07, 6.45) is 0. The summed E-state index contributed by atoms with van der Waals surface area (Å²) in [5, 5.41) is 0.